The van der Waals surface area contributed by atoms with Crippen molar-refractivity contribution in [3.63, 3.8) is 0 Å². The number of allylic oxidation sites excluding steroid dienone is 1. The van der Waals surface area contributed by atoms with Gasteiger partial charge in [0.1, 0.15) is 28.8 Å². The molecule has 0 radical (unpaired) electrons. The highest BCUT2D eigenvalue weighted by molar-refractivity contribution is 7.85. The predicted octanol–water partition coefficient (Wildman–Crippen LogP) is 2.48. The minimum absolute atomic E-state index is 0.0544. The third-order valence-corrected chi connectivity index (χ3v) is 4.31. The van der Waals surface area contributed by atoms with Gasteiger partial charge in [0.15, 0.2) is 18.2 Å². The van der Waals surface area contributed by atoms with Gasteiger partial charge in [-0.05, 0) is 35.9 Å². The Labute approximate surface area is 162 Å². The summed E-state index contributed by atoms with van der Waals surface area (Å²) in [7, 11) is -2.36. The van der Waals surface area contributed by atoms with Crippen LogP contribution < -0.4 is 4.57 Å². The molecule has 0 saturated carbocycles. The van der Waals surface area contributed by atoms with Crippen molar-refractivity contribution < 1.29 is 26.7 Å². The average molecular weight is 396 g/mol. The van der Waals surface area contributed by atoms with Crippen LogP contribution in [0.5, 0.6) is 0 Å². The molecular formula is C20H16N2O5S. The van der Waals surface area contributed by atoms with Crippen LogP contribution in [0, 0.1) is 11.3 Å². The third kappa shape index (κ3) is 6.02. The lowest BCUT2D eigenvalue weighted by molar-refractivity contribution is -0.671. The van der Waals surface area contributed by atoms with Crippen molar-refractivity contribution in [3.8, 4) is 6.07 Å². The summed E-state index contributed by atoms with van der Waals surface area (Å²) in [4.78, 5) is 11.7. The molecule has 7 nitrogen and oxygen atoms in total. The summed E-state index contributed by atoms with van der Waals surface area (Å²) in [5.41, 5.74) is 0.850. The topological polar surface area (TPSA) is 115 Å². The Morgan fingerprint density at radius 3 is 2.21 bits per heavy atom. The number of ketones is 1. The van der Waals surface area contributed by atoms with Crippen molar-refractivity contribution in [2.75, 3.05) is 0 Å². The third-order valence-electron chi connectivity index (χ3n) is 3.46. The zero-order valence-corrected chi connectivity index (χ0v) is 15.7. The highest BCUT2D eigenvalue weighted by Crippen LogP contribution is 2.12. The molecule has 0 unspecified atom stereocenters. The molecule has 0 aliphatic heterocycles. The van der Waals surface area contributed by atoms with Gasteiger partial charge in [-0.15, -0.1) is 0 Å². The lowest BCUT2D eigenvalue weighted by Gasteiger charge is -2.04. The summed E-state index contributed by atoms with van der Waals surface area (Å²) in [5, 5.41) is 9.03. The van der Waals surface area contributed by atoms with E-state index in [0.29, 0.717) is 0 Å². The van der Waals surface area contributed by atoms with E-state index in [1.54, 1.807) is 24.3 Å². The molecule has 0 bridgehead atoms. The van der Waals surface area contributed by atoms with E-state index in [9.17, 15) is 17.8 Å². The van der Waals surface area contributed by atoms with Crippen LogP contribution in [0.2, 0.25) is 0 Å². The molecule has 0 N–H and O–H groups in total. The first-order valence-electron chi connectivity index (χ1n) is 7.97. The van der Waals surface area contributed by atoms with Gasteiger partial charge in [0, 0.05) is 12.1 Å². The van der Waals surface area contributed by atoms with E-state index in [1.807, 2.05) is 42.2 Å². The monoisotopic (exact) mass is 396 g/mol. The number of carbonyl (C=O) groups excluding carboxylic acids is 1. The second-order valence-corrected chi connectivity index (χ2v) is 6.92. The van der Waals surface area contributed by atoms with Crippen molar-refractivity contribution in [2.24, 2.45) is 7.05 Å². The zero-order valence-electron chi connectivity index (χ0n) is 14.8. The number of carbonyl (C=O) groups is 1. The number of rotatable bonds is 4. The predicted molar refractivity (Wildman–Crippen MR) is 98.7 cm³/mol. The van der Waals surface area contributed by atoms with E-state index in [0.717, 1.165) is 5.56 Å². The van der Waals surface area contributed by atoms with Gasteiger partial charge in [0.25, 0.3) is 0 Å². The number of aryl methyl sites for hydroxylation is 1. The van der Waals surface area contributed by atoms with Crippen molar-refractivity contribution in [2.45, 2.75) is 4.90 Å². The molecule has 3 rings (SSSR count). The van der Waals surface area contributed by atoms with E-state index in [-0.39, 0.29) is 16.2 Å². The fraction of sp³-hybridized carbons (Fsp3) is 0.0500. The second-order valence-electron chi connectivity index (χ2n) is 5.54. The number of hydrogen-bond acceptors (Lipinski definition) is 6. The molecule has 2 heterocycles. The first kappa shape index (κ1) is 20.8. The molecule has 0 aliphatic rings. The summed E-state index contributed by atoms with van der Waals surface area (Å²) >= 11 is 0. The zero-order chi connectivity index (χ0) is 20.6. The number of hydrogen-bond donors (Lipinski definition) is 0. The largest absolute Gasteiger partial charge is 0.744 e. The molecule has 3 aromatic rings. The highest BCUT2D eigenvalue weighted by atomic mass is 32.2. The van der Waals surface area contributed by atoms with Gasteiger partial charge in [-0.25, -0.2) is 13.0 Å². The molecule has 142 valence electrons. The summed E-state index contributed by atoms with van der Waals surface area (Å²) < 4.78 is 37.7. The fourth-order valence-corrected chi connectivity index (χ4v) is 2.54. The highest BCUT2D eigenvalue weighted by Gasteiger charge is 2.14. The van der Waals surface area contributed by atoms with E-state index in [2.05, 4.69) is 0 Å². The molecule has 0 fully saturated rings. The summed E-state index contributed by atoms with van der Waals surface area (Å²) in [6.07, 6.45) is 6.64. The van der Waals surface area contributed by atoms with Crippen LogP contribution in [-0.4, -0.2) is 18.8 Å². The van der Waals surface area contributed by atoms with Gasteiger partial charge < -0.3 is 8.97 Å². The van der Waals surface area contributed by atoms with E-state index in [1.165, 1.54) is 30.5 Å². The molecule has 8 heteroatoms. The minimum atomic E-state index is -4.25. The average Bonchev–Trinajstić information content (AvgIpc) is 3.22. The minimum Gasteiger partial charge on any atom is -0.744 e. The Hall–Kier alpha value is -3.54. The Balaban J connectivity index is 0.000000237. The molecule has 0 saturated heterocycles. The Morgan fingerprint density at radius 1 is 1.11 bits per heavy atom. The summed E-state index contributed by atoms with van der Waals surface area (Å²) in [5.74, 6) is -0.236. The van der Waals surface area contributed by atoms with Gasteiger partial charge in [-0.3, -0.25) is 4.79 Å². The van der Waals surface area contributed by atoms with Gasteiger partial charge in [0.2, 0.25) is 5.78 Å². The van der Waals surface area contributed by atoms with Gasteiger partial charge in [-0.2, -0.15) is 5.26 Å². The quantitative estimate of drug-likeness (QED) is 0.220. The maximum Gasteiger partial charge on any atom is 0.238 e. The lowest BCUT2D eigenvalue weighted by Crippen LogP contribution is -2.25. The summed E-state index contributed by atoms with van der Waals surface area (Å²) in [6.45, 7) is 0. The molecule has 0 aliphatic carbocycles. The number of furan rings is 1. The van der Waals surface area contributed by atoms with Crippen LogP contribution in [-0.2, 0) is 17.2 Å². The number of nitriles is 1. The maximum atomic E-state index is 11.9. The van der Waals surface area contributed by atoms with Crippen molar-refractivity contribution in [3.05, 3.63) is 90.2 Å². The van der Waals surface area contributed by atoms with Crippen molar-refractivity contribution in [1.29, 1.82) is 5.26 Å². The number of benzene rings is 1. The SMILES string of the molecule is C[n+]1ccc(/C=C(\C#N)C(=O)c2ccco2)cc1.O=S(=O)([O-])c1ccccc1. The molecular weight excluding hydrogens is 380 g/mol. The smallest absolute Gasteiger partial charge is 0.238 e. The van der Waals surface area contributed by atoms with Crippen LogP contribution in [0.3, 0.4) is 0 Å². The van der Waals surface area contributed by atoms with Crippen molar-refractivity contribution in [1.82, 2.24) is 0 Å². The van der Waals surface area contributed by atoms with Crippen LogP contribution in [0.25, 0.3) is 6.08 Å². The standard InChI is InChI=1S/C14H11N2O2.C6H6O3S/c1-16-6-4-11(5-7-16)9-12(10-15)14(17)13-3-2-8-18-13;7-10(8,9)6-4-2-1-3-5-6/h2-9H,1H3;1-5H,(H,7,8,9)/q+1;/p-1/b12-9+;. The molecule has 28 heavy (non-hydrogen) atoms. The molecule has 2 aromatic heterocycles. The van der Waals surface area contributed by atoms with Gasteiger partial charge in [0.05, 0.1) is 11.2 Å². The summed E-state index contributed by atoms with van der Waals surface area (Å²) in [6, 6.07) is 15.9. The number of nitrogens with zero attached hydrogens (tertiary/aromatic N) is 2. The van der Waals surface area contributed by atoms with E-state index < -0.39 is 15.9 Å². The van der Waals surface area contributed by atoms with Gasteiger partial charge >= 0.3 is 0 Å². The first-order valence-corrected chi connectivity index (χ1v) is 9.38. The van der Waals surface area contributed by atoms with Crippen LogP contribution in [0.4, 0.5) is 0 Å². The van der Waals surface area contributed by atoms with E-state index in [4.69, 9.17) is 9.68 Å². The van der Waals surface area contributed by atoms with Crippen LogP contribution in [0.15, 0.2) is 88.1 Å². The normalized spacial score (nSPS) is 11.1. The first-order chi connectivity index (χ1) is 13.3. The second kappa shape index (κ2) is 9.41. The molecule has 0 atom stereocenters. The number of aromatic nitrogens is 1. The van der Waals surface area contributed by atoms with Crippen LogP contribution in [0.1, 0.15) is 16.1 Å². The Kier molecular flexibility index (Phi) is 6.98. The van der Waals surface area contributed by atoms with Gasteiger partial charge in [-0.1, -0.05) is 18.2 Å². The number of Topliss-reactive ketones (excluding diaryl/α,β-unsaturated/α-hetero) is 1. The maximum absolute atomic E-state index is 11.9. The molecule has 1 aromatic carbocycles. The molecule has 0 spiro atoms. The van der Waals surface area contributed by atoms with Crippen molar-refractivity contribution >= 4 is 22.0 Å². The van der Waals surface area contributed by atoms with E-state index >= 15 is 0 Å². The Bertz CT molecular complexity index is 1100. The molecule has 0 amide bonds. The lowest BCUT2D eigenvalue weighted by atomic mass is 10.1. The fourth-order valence-electron chi connectivity index (χ4n) is 2.05. The van der Waals surface area contributed by atoms with Crippen LogP contribution >= 0.6 is 0 Å². The Morgan fingerprint density at radius 2 is 1.75 bits per heavy atom. The number of pyridine rings is 1.